The van der Waals surface area contributed by atoms with Crippen molar-refractivity contribution in [3.05, 3.63) is 63.9 Å². The predicted octanol–water partition coefficient (Wildman–Crippen LogP) is 3.88. The Morgan fingerprint density at radius 3 is 2.61 bits per heavy atom. The Balaban J connectivity index is 2.08. The lowest BCUT2D eigenvalue weighted by atomic mass is 10.0. The van der Waals surface area contributed by atoms with Crippen molar-refractivity contribution >= 4 is 45.8 Å². The number of Topliss-reactive ketones (excluding diaryl/α,β-unsaturated/α-hetero) is 1. The largest absolute Gasteiger partial charge is 0.308 e. The number of benzene rings is 2. The highest BCUT2D eigenvalue weighted by Gasteiger charge is 2.22. The molecule has 3 rings (SSSR count). The summed E-state index contributed by atoms with van der Waals surface area (Å²) in [5, 5.41) is 18.0. The van der Waals surface area contributed by atoms with Gasteiger partial charge in [0.05, 0.1) is 28.4 Å². The summed E-state index contributed by atoms with van der Waals surface area (Å²) in [5.41, 5.74) is 0.827. The molecule has 0 aliphatic rings. The molecule has 8 heteroatoms. The lowest BCUT2D eigenvalue weighted by molar-refractivity contribution is -0.117. The quantitative estimate of drug-likeness (QED) is 0.377. The zero-order valence-electron chi connectivity index (χ0n) is 14.8. The summed E-state index contributed by atoms with van der Waals surface area (Å²) >= 11 is 7.02. The van der Waals surface area contributed by atoms with E-state index in [1.54, 1.807) is 48.5 Å². The van der Waals surface area contributed by atoms with Crippen molar-refractivity contribution in [3.8, 4) is 11.8 Å². The molecule has 0 saturated carbocycles. The van der Waals surface area contributed by atoms with E-state index in [-0.39, 0.29) is 17.0 Å². The zero-order valence-corrected chi connectivity index (χ0v) is 16.4. The predicted molar refractivity (Wildman–Crippen MR) is 111 cm³/mol. The SMILES string of the molecule is CC(=N)C(C#N)C(=O)CSc1nc2ccccc2c(=O)n1-c1ccc(Cl)cc1. The van der Waals surface area contributed by atoms with Gasteiger partial charge in [-0.25, -0.2) is 4.98 Å². The summed E-state index contributed by atoms with van der Waals surface area (Å²) in [6.07, 6.45) is 0. The van der Waals surface area contributed by atoms with Crippen LogP contribution in [-0.4, -0.2) is 26.8 Å². The lowest BCUT2D eigenvalue weighted by Crippen LogP contribution is -2.24. The summed E-state index contributed by atoms with van der Waals surface area (Å²) in [6.45, 7) is 1.42. The Labute approximate surface area is 170 Å². The number of carbonyl (C=O) groups excluding carboxylic acids is 1. The van der Waals surface area contributed by atoms with Gasteiger partial charge in [0.2, 0.25) is 0 Å². The minimum Gasteiger partial charge on any atom is -0.308 e. The fourth-order valence-electron chi connectivity index (χ4n) is 2.66. The van der Waals surface area contributed by atoms with Crippen LogP contribution in [0.2, 0.25) is 5.02 Å². The van der Waals surface area contributed by atoms with Gasteiger partial charge in [-0.1, -0.05) is 35.5 Å². The first-order valence-electron chi connectivity index (χ1n) is 8.30. The van der Waals surface area contributed by atoms with E-state index in [1.165, 1.54) is 11.5 Å². The number of thioether (sulfide) groups is 1. The number of nitriles is 1. The minimum atomic E-state index is -1.09. The average molecular weight is 411 g/mol. The topological polar surface area (TPSA) is 99.6 Å². The molecule has 0 spiro atoms. The molecule has 28 heavy (non-hydrogen) atoms. The molecule has 1 atom stereocenters. The van der Waals surface area contributed by atoms with Crippen molar-refractivity contribution < 1.29 is 4.79 Å². The average Bonchev–Trinajstić information content (AvgIpc) is 2.68. The molecule has 1 unspecified atom stereocenters. The van der Waals surface area contributed by atoms with Gasteiger partial charge in [-0.3, -0.25) is 14.2 Å². The van der Waals surface area contributed by atoms with Crippen LogP contribution in [0.5, 0.6) is 0 Å². The van der Waals surface area contributed by atoms with Crippen molar-refractivity contribution in [2.45, 2.75) is 12.1 Å². The molecule has 3 aromatic rings. The molecule has 0 saturated heterocycles. The first-order chi connectivity index (χ1) is 13.4. The van der Waals surface area contributed by atoms with E-state index < -0.39 is 11.7 Å². The van der Waals surface area contributed by atoms with Crippen LogP contribution in [-0.2, 0) is 4.79 Å². The molecular formula is C20H15ClN4O2S. The zero-order chi connectivity index (χ0) is 20.3. The second kappa shape index (κ2) is 8.38. The Bertz CT molecular complexity index is 1170. The van der Waals surface area contributed by atoms with Crippen LogP contribution >= 0.6 is 23.4 Å². The third-order valence-corrected chi connectivity index (χ3v) is 5.27. The van der Waals surface area contributed by atoms with Crippen LogP contribution in [0.3, 0.4) is 0 Å². The number of nitrogens with zero attached hydrogens (tertiary/aromatic N) is 3. The molecule has 140 valence electrons. The number of aromatic nitrogens is 2. The Kier molecular flexibility index (Phi) is 5.93. The number of carbonyl (C=O) groups is 1. The van der Waals surface area contributed by atoms with E-state index >= 15 is 0 Å². The Hall–Kier alpha value is -2.95. The summed E-state index contributed by atoms with van der Waals surface area (Å²) in [7, 11) is 0. The van der Waals surface area contributed by atoms with Crippen LogP contribution in [0.15, 0.2) is 58.5 Å². The lowest BCUT2D eigenvalue weighted by Gasteiger charge is -2.13. The number of rotatable bonds is 6. The Morgan fingerprint density at radius 1 is 1.29 bits per heavy atom. The molecule has 0 aliphatic heterocycles. The van der Waals surface area contributed by atoms with Gasteiger partial charge in [0.1, 0.15) is 5.92 Å². The molecule has 2 aromatic carbocycles. The van der Waals surface area contributed by atoms with Gasteiger partial charge in [0.25, 0.3) is 5.56 Å². The van der Waals surface area contributed by atoms with E-state index in [0.717, 1.165) is 11.8 Å². The van der Waals surface area contributed by atoms with Gasteiger partial charge in [0, 0.05) is 10.7 Å². The molecule has 0 bridgehead atoms. The van der Waals surface area contributed by atoms with Gasteiger partial charge in [0.15, 0.2) is 10.9 Å². The van der Waals surface area contributed by atoms with Gasteiger partial charge < -0.3 is 5.41 Å². The highest BCUT2D eigenvalue weighted by Crippen LogP contribution is 2.23. The summed E-state index contributed by atoms with van der Waals surface area (Å²) in [4.78, 5) is 29.9. The maximum atomic E-state index is 13.1. The maximum Gasteiger partial charge on any atom is 0.266 e. The highest BCUT2D eigenvalue weighted by molar-refractivity contribution is 7.99. The maximum absolute atomic E-state index is 13.1. The Morgan fingerprint density at radius 2 is 1.96 bits per heavy atom. The van der Waals surface area contributed by atoms with E-state index in [4.69, 9.17) is 22.3 Å². The number of hydrogen-bond donors (Lipinski definition) is 1. The van der Waals surface area contributed by atoms with Crippen LogP contribution in [0.25, 0.3) is 16.6 Å². The van der Waals surface area contributed by atoms with Crippen LogP contribution in [0.4, 0.5) is 0 Å². The van der Waals surface area contributed by atoms with Crippen molar-refractivity contribution in [1.82, 2.24) is 9.55 Å². The monoisotopic (exact) mass is 410 g/mol. The van der Waals surface area contributed by atoms with E-state index in [0.29, 0.717) is 26.8 Å². The van der Waals surface area contributed by atoms with E-state index in [2.05, 4.69) is 4.98 Å². The first kappa shape index (κ1) is 19.8. The van der Waals surface area contributed by atoms with Crippen molar-refractivity contribution in [2.75, 3.05) is 5.75 Å². The first-order valence-corrected chi connectivity index (χ1v) is 9.66. The van der Waals surface area contributed by atoms with Gasteiger partial charge in [-0.05, 0) is 43.3 Å². The van der Waals surface area contributed by atoms with Crippen LogP contribution in [0, 0.1) is 22.7 Å². The number of fused-ring (bicyclic) bond motifs is 1. The summed E-state index contributed by atoms with van der Waals surface area (Å²) in [5.74, 6) is -1.57. The molecular weight excluding hydrogens is 396 g/mol. The fraction of sp³-hybridized carbons (Fsp3) is 0.150. The van der Waals surface area contributed by atoms with Crippen molar-refractivity contribution in [3.63, 3.8) is 0 Å². The van der Waals surface area contributed by atoms with Crippen LogP contribution < -0.4 is 5.56 Å². The van der Waals surface area contributed by atoms with Crippen molar-refractivity contribution in [2.24, 2.45) is 5.92 Å². The number of hydrogen-bond acceptors (Lipinski definition) is 6. The third kappa shape index (κ3) is 3.98. The van der Waals surface area contributed by atoms with Crippen LogP contribution in [0.1, 0.15) is 6.92 Å². The number of halogens is 1. The molecule has 1 aromatic heterocycles. The van der Waals surface area contributed by atoms with Crippen molar-refractivity contribution in [1.29, 1.82) is 10.7 Å². The number of para-hydroxylation sites is 1. The molecule has 0 amide bonds. The van der Waals surface area contributed by atoms with E-state index in [9.17, 15) is 9.59 Å². The number of nitrogens with one attached hydrogen (secondary N) is 1. The fourth-order valence-corrected chi connectivity index (χ4v) is 3.70. The highest BCUT2D eigenvalue weighted by atomic mass is 35.5. The molecule has 0 aliphatic carbocycles. The molecule has 0 fully saturated rings. The summed E-state index contributed by atoms with van der Waals surface area (Å²) in [6, 6.07) is 15.5. The molecule has 6 nitrogen and oxygen atoms in total. The normalized spacial score (nSPS) is 11.8. The van der Waals surface area contributed by atoms with Gasteiger partial charge >= 0.3 is 0 Å². The molecule has 1 N–H and O–H groups in total. The van der Waals surface area contributed by atoms with Gasteiger partial charge in [-0.2, -0.15) is 5.26 Å². The molecule has 0 radical (unpaired) electrons. The molecule has 1 heterocycles. The standard InChI is InChI=1S/C20H15ClN4O2S/c1-12(23)16(10-22)18(26)11-28-20-24-17-5-3-2-4-15(17)19(27)25(20)14-8-6-13(21)7-9-14/h2-9,16,23H,11H2,1H3. The second-order valence-corrected chi connectivity index (χ2v) is 7.41. The minimum absolute atomic E-state index is 0.00494. The van der Waals surface area contributed by atoms with Gasteiger partial charge in [-0.15, -0.1) is 0 Å². The summed E-state index contributed by atoms with van der Waals surface area (Å²) < 4.78 is 1.43. The smallest absolute Gasteiger partial charge is 0.266 e. The second-order valence-electron chi connectivity index (χ2n) is 6.03. The third-order valence-electron chi connectivity index (χ3n) is 4.06. The van der Waals surface area contributed by atoms with E-state index in [1.807, 2.05) is 6.07 Å². The number of ketones is 1.